The Balaban J connectivity index is 2.23. The molecule has 70 valence electrons. The minimum Gasteiger partial charge on any atom is -0.245 e. The van der Waals surface area contributed by atoms with Gasteiger partial charge in [0.2, 0.25) is 0 Å². The zero-order valence-corrected chi connectivity index (χ0v) is 8.92. The smallest absolute Gasteiger partial charge is 0.0798 e. The molecule has 0 saturated heterocycles. The number of hydrogen-bond donors (Lipinski definition) is 0. The molecule has 1 aromatic heterocycles. The van der Waals surface area contributed by atoms with E-state index in [1.807, 2.05) is 47.3 Å². The van der Waals surface area contributed by atoms with E-state index in [2.05, 4.69) is 4.98 Å². The lowest BCUT2D eigenvalue weighted by Crippen LogP contribution is -1.73. The van der Waals surface area contributed by atoms with Crippen LogP contribution in [0, 0.1) is 0 Å². The summed E-state index contributed by atoms with van der Waals surface area (Å²) in [6.07, 6.45) is 3.93. The van der Waals surface area contributed by atoms with Gasteiger partial charge >= 0.3 is 0 Å². The molecule has 0 fully saturated rings. The van der Waals surface area contributed by atoms with Gasteiger partial charge in [0, 0.05) is 10.4 Å². The van der Waals surface area contributed by atoms with Crippen LogP contribution in [0.15, 0.2) is 35.2 Å². The Morgan fingerprint density at radius 2 is 2.07 bits per heavy atom. The number of thiazole rings is 1. The van der Waals surface area contributed by atoms with E-state index in [-0.39, 0.29) is 0 Å². The molecule has 1 nitrogen and oxygen atoms in total. The molecule has 1 heterocycles. The molecule has 2 rings (SSSR count). The van der Waals surface area contributed by atoms with Gasteiger partial charge in [0.05, 0.1) is 11.2 Å². The Morgan fingerprint density at radius 3 is 2.79 bits per heavy atom. The Morgan fingerprint density at radius 1 is 1.21 bits per heavy atom. The molecule has 2 aromatic rings. The molecule has 0 N–H and O–H groups in total. The second-order valence-electron chi connectivity index (χ2n) is 2.77. The summed E-state index contributed by atoms with van der Waals surface area (Å²) in [7, 11) is 0. The van der Waals surface area contributed by atoms with Crippen molar-refractivity contribution in [3.8, 4) is 0 Å². The highest BCUT2D eigenvalue weighted by Crippen LogP contribution is 2.17. The first-order valence-electron chi connectivity index (χ1n) is 4.17. The first-order chi connectivity index (χ1) is 6.86. The van der Waals surface area contributed by atoms with Gasteiger partial charge in [-0.15, -0.1) is 11.3 Å². The average molecular weight is 222 g/mol. The molecule has 0 unspecified atom stereocenters. The fourth-order valence-electron chi connectivity index (χ4n) is 1.09. The van der Waals surface area contributed by atoms with E-state index in [0.29, 0.717) is 0 Å². The summed E-state index contributed by atoms with van der Waals surface area (Å²) in [5.74, 6) is 0. The molecule has 0 atom stereocenters. The van der Waals surface area contributed by atoms with Crippen molar-refractivity contribution in [1.82, 2.24) is 4.98 Å². The summed E-state index contributed by atoms with van der Waals surface area (Å²) in [4.78, 5) is 4.15. The Bertz CT molecular complexity index is 434. The summed E-state index contributed by atoms with van der Waals surface area (Å²) < 4.78 is 0. The van der Waals surface area contributed by atoms with Crippen molar-refractivity contribution < 1.29 is 0 Å². The van der Waals surface area contributed by atoms with Gasteiger partial charge in [-0.05, 0) is 17.7 Å². The van der Waals surface area contributed by atoms with Crippen LogP contribution in [0.4, 0.5) is 0 Å². The lowest BCUT2D eigenvalue weighted by molar-refractivity contribution is 1.39. The van der Waals surface area contributed by atoms with Gasteiger partial charge in [0.1, 0.15) is 0 Å². The van der Waals surface area contributed by atoms with E-state index < -0.39 is 0 Å². The van der Waals surface area contributed by atoms with Gasteiger partial charge in [0.15, 0.2) is 0 Å². The van der Waals surface area contributed by atoms with Crippen LogP contribution in [0.3, 0.4) is 0 Å². The largest absolute Gasteiger partial charge is 0.245 e. The molecule has 1 aromatic carbocycles. The van der Waals surface area contributed by atoms with Gasteiger partial charge in [-0.1, -0.05) is 35.9 Å². The van der Waals surface area contributed by atoms with Crippen LogP contribution >= 0.6 is 22.9 Å². The normalized spacial score (nSPS) is 10.9. The third kappa shape index (κ3) is 2.22. The van der Waals surface area contributed by atoms with Crippen LogP contribution in [0.2, 0.25) is 5.02 Å². The van der Waals surface area contributed by atoms with Crippen molar-refractivity contribution in [3.63, 3.8) is 0 Å². The first-order valence-corrected chi connectivity index (χ1v) is 5.49. The average Bonchev–Trinajstić information content (AvgIpc) is 2.69. The first kappa shape index (κ1) is 9.44. The van der Waals surface area contributed by atoms with Crippen LogP contribution in [0.5, 0.6) is 0 Å². The molecule has 0 saturated carbocycles. The van der Waals surface area contributed by atoms with Gasteiger partial charge in [-0.25, -0.2) is 4.98 Å². The molecule has 0 spiro atoms. The number of aromatic nitrogens is 1. The van der Waals surface area contributed by atoms with Gasteiger partial charge in [-0.3, -0.25) is 0 Å². The predicted molar refractivity (Wildman–Crippen MR) is 62.5 cm³/mol. The molecule has 0 aliphatic rings. The molecule has 0 aliphatic heterocycles. The maximum absolute atomic E-state index is 6.00. The molecular weight excluding hydrogens is 214 g/mol. The van der Waals surface area contributed by atoms with Crippen LogP contribution in [0.25, 0.3) is 12.2 Å². The Labute approximate surface area is 91.7 Å². The summed E-state index contributed by atoms with van der Waals surface area (Å²) in [6, 6.07) is 7.74. The van der Waals surface area contributed by atoms with E-state index in [9.17, 15) is 0 Å². The van der Waals surface area contributed by atoms with Gasteiger partial charge in [-0.2, -0.15) is 0 Å². The maximum atomic E-state index is 6.00. The second-order valence-corrected chi connectivity index (χ2v) is 3.89. The summed E-state index contributed by atoms with van der Waals surface area (Å²) in [5.41, 5.74) is 3.80. The SMILES string of the molecule is Clc1ccccc1/C=C/c1cscn1. The van der Waals surface area contributed by atoms with Crippen molar-refractivity contribution in [2.45, 2.75) is 0 Å². The lowest BCUT2D eigenvalue weighted by Gasteiger charge is -1.94. The zero-order chi connectivity index (χ0) is 9.80. The van der Waals surface area contributed by atoms with Gasteiger partial charge < -0.3 is 0 Å². The van der Waals surface area contributed by atoms with Gasteiger partial charge in [0.25, 0.3) is 0 Å². The number of halogens is 1. The number of hydrogen-bond acceptors (Lipinski definition) is 2. The van der Waals surface area contributed by atoms with E-state index in [1.165, 1.54) is 0 Å². The van der Waals surface area contributed by atoms with Crippen molar-refractivity contribution in [3.05, 3.63) is 51.4 Å². The molecule has 3 heteroatoms. The van der Waals surface area contributed by atoms with Crippen LogP contribution in [-0.4, -0.2) is 4.98 Å². The fraction of sp³-hybridized carbons (Fsp3) is 0. The van der Waals surface area contributed by atoms with Crippen LogP contribution in [-0.2, 0) is 0 Å². The third-order valence-corrected chi connectivity index (χ3v) is 2.74. The van der Waals surface area contributed by atoms with Crippen molar-refractivity contribution >= 4 is 35.1 Å². The zero-order valence-electron chi connectivity index (χ0n) is 7.35. The molecular formula is C11H8ClNS. The monoisotopic (exact) mass is 221 g/mol. The lowest BCUT2D eigenvalue weighted by atomic mass is 10.2. The minimum absolute atomic E-state index is 0.763. The topological polar surface area (TPSA) is 12.9 Å². The summed E-state index contributed by atoms with van der Waals surface area (Å²) in [6.45, 7) is 0. The van der Waals surface area contributed by atoms with E-state index in [1.54, 1.807) is 11.3 Å². The summed E-state index contributed by atoms with van der Waals surface area (Å²) in [5, 5.41) is 2.76. The maximum Gasteiger partial charge on any atom is 0.0798 e. The highest BCUT2D eigenvalue weighted by molar-refractivity contribution is 7.07. The quantitative estimate of drug-likeness (QED) is 0.748. The standard InChI is InChI=1S/C11H8ClNS/c12-11-4-2-1-3-9(11)5-6-10-7-14-8-13-10/h1-8H/b6-5+. The highest BCUT2D eigenvalue weighted by atomic mass is 35.5. The van der Waals surface area contributed by atoms with Crippen LogP contribution in [0.1, 0.15) is 11.3 Å². The number of rotatable bonds is 2. The second kappa shape index (κ2) is 4.40. The molecule has 14 heavy (non-hydrogen) atoms. The Hall–Kier alpha value is -1.12. The number of benzene rings is 1. The van der Waals surface area contributed by atoms with Crippen molar-refractivity contribution in [2.75, 3.05) is 0 Å². The van der Waals surface area contributed by atoms with Crippen LogP contribution < -0.4 is 0 Å². The van der Waals surface area contributed by atoms with Crippen molar-refractivity contribution in [2.24, 2.45) is 0 Å². The van der Waals surface area contributed by atoms with Crippen molar-refractivity contribution in [1.29, 1.82) is 0 Å². The Kier molecular flexibility index (Phi) is 2.96. The minimum atomic E-state index is 0.763. The third-order valence-electron chi connectivity index (χ3n) is 1.79. The molecule has 0 amide bonds. The fourth-order valence-corrected chi connectivity index (χ4v) is 1.81. The molecule has 0 aliphatic carbocycles. The van der Waals surface area contributed by atoms with E-state index >= 15 is 0 Å². The van der Waals surface area contributed by atoms with E-state index in [4.69, 9.17) is 11.6 Å². The predicted octanol–water partition coefficient (Wildman–Crippen LogP) is 3.97. The molecule has 0 radical (unpaired) electrons. The highest BCUT2D eigenvalue weighted by Gasteiger charge is 1.93. The number of nitrogens with zero attached hydrogens (tertiary/aromatic N) is 1. The van der Waals surface area contributed by atoms with E-state index in [0.717, 1.165) is 16.3 Å². The summed E-state index contributed by atoms with van der Waals surface area (Å²) >= 11 is 7.58. The molecule has 0 bridgehead atoms.